The maximum Gasteiger partial charge on any atom is 0.105 e. The predicted molar refractivity (Wildman–Crippen MR) is 47.7 cm³/mol. The van der Waals surface area contributed by atoms with Crippen LogP contribution in [0.25, 0.3) is 0 Å². The Kier molecular flexibility index (Phi) is 1.93. The van der Waals surface area contributed by atoms with Gasteiger partial charge in [-0.25, -0.2) is 0 Å². The van der Waals surface area contributed by atoms with E-state index in [0.717, 1.165) is 24.0 Å². The molecule has 12 heavy (non-hydrogen) atoms. The van der Waals surface area contributed by atoms with Gasteiger partial charge in [0.2, 0.25) is 0 Å². The fourth-order valence-electron chi connectivity index (χ4n) is 1.76. The first-order valence-electron chi connectivity index (χ1n) is 4.55. The molecule has 3 unspecified atom stereocenters. The van der Waals surface area contributed by atoms with Crippen LogP contribution in [0.2, 0.25) is 0 Å². The van der Waals surface area contributed by atoms with Gasteiger partial charge in [0.1, 0.15) is 5.76 Å². The third-order valence-corrected chi connectivity index (χ3v) is 2.74. The van der Waals surface area contributed by atoms with E-state index in [2.05, 4.69) is 6.92 Å². The van der Waals surface area contributed by atoms with Crippen molar-refractivity contribution in [1.29, 1.82) is 0 Å². The molecule has 1 aliphatic carbocycles. The molecule has 3 atom stereocenters. The first kappa shape index (κ1) is 7.87. The van der Waals surface area contributed by atoms with Crippen LogP contribution in [0, 0.1) is 11.8 Å². The molecule has 0 saturated heterocycles. The summed E-state index contributed by atoms with van der Waals surface area (Å²) in [6.45, 7) is 2.26. The van der Waals surface area contributed by atoms with Gasteiger partial charge >= 0.3 is 0 Å². The molecule has 1 fully saturated rings. The van der Waals surface area contributed by atoms with Crippen LogP contribution >= 0.6 is 0 Å². The highest BCUT2D eigenvalue weighted by Gasteiger charge is 2.37. The fourth-order valence-corrected chi connectivity index (χ4v) is 1.76. The Morgan fingerprint density at radius 3 is 3.00 bits per heavy atom. The molecule has 1 saturated carbocycles. The summed E-state index contributed by atoms with van der Waals surface area (Å²) < 4.78 is 5.24. The maximum atomic E-state index is 6.00. The van der Waals surface area contributed by atoms with Gasteiger partial charge in [-0.1, -0.05) is 6.92 Å². The minimum Gasteiger partial charge on any atom is -0.469 e. The first-order valence-corrected chi connectivity index (χ1v) is 4.55. The van der Waals surface area contributed by atoms with E-state index in [1.807, 2.05) is 12.1 Å². The minimum absolute atomic E-state index is 0.297. The Balaban J connectivity index is 1.87. The molecule has 0 aliphatic heterocycles. The van der Waals surface area contributed by atoms with Crippen LogP contribution in [-0.2, 0) is 6.42 Å². The van der Waals surface area contributed by atoms with Crippen LogP contribution in [0.5, 0.6) is 0 Å². The SMILES string of the molecule is CC1CC1C(N)Cc1ccco1. The number of hydrogen-bond donors (Lipinski definition) is 1. The number of rotatable bonds is 3. The van der Waals surface area contributed by atoms with Crippen molar-refractivity contribution >= 4 is 0 Å². The second-order valence-corrected chi connectivity index (χ2v) is 3.82. The zero-order valence-corrected chi connectivity index (χ0v) is 7.36. The molecule has 0 bridgehead atoms. The molecular weight excluding hydrogens is 150 g/mol. The van der Waals surface area contributed by atoms with E-state index < -0.39 is 0 Å². The Morgan fingerprint density at radius 1 is 1.75 bits per heavy atom. The van der Waals surface area contributed by atoms with Crippen molar-refractivity contribution in [2.75, 3.05) is 0 Å². The number of nitrogens with two attached hydrogens (primary N) is 1. The molecule has 1 aromatic rings. The lowest BCUT2D eigenvalue weighted by Gasteiger charge is -2.07. The number of furan rings is 1. The zero-order chi connectivity index (χ0) is 8.55. The van der Waals surface area contributed by atoms with Crippen molar-refractivity contribution in [2.24, 2.45) is 17.6 Å². The van der Waals surface area contributed by atoms with Crippen molar-refractivity contribution in [3.63, 3.8) is 0 Å². The smallest absolute Gasteiger partial charge is 0.105 e. The molecule has 0 aromatic carbocycles. The van der Waals surface area contributed by atoms with Gasteiger partial charge in [-0.2, -0.15) is 0 Å². The Bertz CT molecular complexity index is 242. The Labute approximate surface area is 72.7 Å². The predicted octanol–water partition coefficient (Wildman–Crippen LogP) is 1.81. The summed E-state index contributed by atoms with van der Waals surface area (Å²) in [5, 5.41) is 0. The van der Waals surface area contributed by atoms with Crippen molar-refractivity contribution in [1.82, 2.24) is 0 Å². The fraction of sp³-hybridized carbons (Fsp3) is 0.600. The van der Waals surface area contributed by atoms with E-state index in [0.29, 0.717) is 6.04 Å². The standard InChI is InChI=1S/C10H15NO/c1-7-5-9(7)10(11)6-8-3-2-4-12-8/h2-4,7,9-10H,5-6,11H2,1H3. The van der Waals surface area contributed by atoms with E-state index in [1.54, 1.807) is 6.26 Å². The number of hydrogen-bond acceptors (Lipinski definition) is 2. The van der Waals surface area contributed by atoms with Crippen LogP contribution in [0.3, 0.4) is 0 Å². The molecule has 2 rings (SSSR count). The average molecular weight is 165 g/mol. The second-order valence-electron chi connectivity index (χ2n) is 3.82. The van der Waals surface area contributed by atoms with Crippen molar-refractivity contribution in [3.05, 3.63) is 24.2 Å². The molecule has 2 nitrogen and oxygen atoms in total. The molecule has 0 spiro atoms. The van der Waals surface area contributed by atoms with Crippen LogP contribution in [0.1, 0.15) is 19.1 Å². The molecule has 2 heteroatoms. The van der Waals surface area contributed by atoms with Gasteiger partial charge in [0, 0.05) is 12.5 Å². The molecule has 1 aliphatic rings. The second kappa shape index (κ2) is 2.94. The first-order chi connectivity index (χ1) is 5.77. The molecule has 1 aromatic heterocycles. The van der Waals surface area contributed by atoms with E-state index in [-0.39, 0.29) is 0 Å². The van der Waals surface area contributed by atoms with Gasteiger partial charge in [0.05, 0.1) is 6.26 Å². The molecule has 1 heterocycles. The summed E-state index contributed by atoms with van der Waals surface area (Å²) in [5.41, 5.74) is 6.00. The van der Waals surface area contributed by atoms with E-state index in [4.69, 9.17) is 10.2 Å². The van der Waals surface area contributed by atoms with E-state index >= 15 is 0 Å². The van der Waals surface area contributed by atoms with Crippen molar-refractivity contribution < 1.29 is 4.42 Å². The lowest BCUT2D eigenvalue weighted by atomic mass is 10.1. The minimum atomic E-state index is 0.297. The summed E-state index contributed by atoms with van der Waals surface area (Å²) in [6, 6.07) is 4.21. The highest BCUT2D eigenvalue weighted by atomic mass is 16.3. The van der Waals surface area contributed by atoms with E-state index in [9.17, 15) is 0 Å². The topological polar surface area (TPSA) is 39.2 Å². The van der Waals surface area contributed by atoms with Crippen LogP contribution < -0.4 is 5.73 Å². The van der Waals surface area contributed by atoms with Gasteiger partial charge in [0.25, 0.3) is 0 Å². The van der Waals surface area contributed by atoms with Crippen LogP contribution in [0.4, 0.5) is 0 Å². The lowest BCUT2D eigenvalue weighted by Crippen LogP contribution is -2.25. The third-order valence-electron chi connectivity index (χ3n) is 2.74. The summed E-state index contributed by atoms with van der Waals surface area (Å²) >= 11 is 0. The third kappa shape index (κ3) is 1.53. The maximum absolute atomic E-state index is 6.00. The molecule has 66 valence electrons. The summed E-state index contributed by atoms with van der Waals surface area (Å²) in [4.78, 5) is 0. The lowest BCUT2D eigenvalue weighted by molar-refractivity contribution is 0.459. The summed E-state index contributed by atoms with van der Waals surface area (Å²) in [7, 11) is 0. The van der Waals surface area contributed by atoms with Gasteiger partial charge < -0.3 is 10.2 Å². The van der Waals surface area contributed by atoms with Gasteiger partial charge in [0.15, 0.2) is 0 Å². The average Bonchev–Trinajstić information content (AvgIpc) is 2.58. The van der Waals surface area contributed by atoms with E-state index in [1.165, 1.54) is 6.42 Å². The Hall–Kier alpha value is -0.760. The highest BCUT2D eigenvalue weighted by molar-refractivity contribution is 5.03. The quantitative estimate of drug-likeness (QED) is 0.741. The largest absolute Gasteiger partial charge is 0.469 e. The van der Waals surface area contributed by atoms with Crippen LogP contribution in [0.15, 0.2) is 22.8 Å². The molecular formula is C10H15NO. The normalized spacial score (nSPS) is 30.2. The zero-order valence-electron chi connectivity index (χ0n) is 7.36. The molecule has 0 amide bonds. The summed E-state index contributed by atoms with van der Waals surface area (Å²) in [5.74, 6) is 2.58. The van der Waals surface area contributed by atoms with Crippen molar-refractivity contribution in [2.45, 2.75) is 25.8 Å². The van der Waals surface area contributed by atoms with Gasteiger partial charge in [-0.05, 0) is 30.4 Å². The van der Waals surface area contributed by atoms with Gasteiger partial charge in [-0.3, -0.25) is 0 Å². The van der Waals surface area contributed by atoms with Gasteiger partial charge in [-0.15, -0.1) is 0 Å². The molecule has 0 radical (unpaired) electrons. The monoisotopic (exact) mass is 165 g/mol. The van der Waals surface area contributed by atoms with Crippen LogP contribution in [-0.4, -0.2) is 6.04 Å². The highest BCUT2D eigenvalue weighted by Crippen LogP contribution is 2.40. The summed E-state index contributed by atoms with van der Waals surface area (Å²) in [6.07, 6.45) is 3.89. The molecule has 2 N–H and O–H groups in total. The van der Waals surface area contributed by atoms with Crippen molar-refractivity contribution in [3.8, 4) is 0 Å². The Morgan fingerprint density at radius 2 is 2.50 bits per heavy atom.